The van der Waals surface area contributed by atoms with Crippen LogP contribution in [-0.2, 0) is 0 Å². The highest BCUT2D eigenvalue weighted by molar-refractivity contribution is 8.00. The van der Waals surface area contributed by atoms with Crippen molar-refractivity contribution in [2.24, 2.45) is 0 Å². The quantitative estimate of drug-likeness (QED) is 0.504. The highest BCUT2D eigenvalue weighted by Crippen LogP contribution is 2.26. The van der Waals surface area contributed by atoms with Gasteiger partial charge in [0.1, 0.15) is 0 Å². The van der Waals surface area contributed by atoms with Crippen LogP contribution in [0.4, 0.5) is 5.95 Å². The maximum Gasteiger partial charge on any atom is 0.216 e. The summed E-state index contributed by atoms with van der Waals surface area (Å²) in [5.41, 5.74) is 7.11. The van der Waals surface area contributed by atoms with E-state index in [0.29, 0.717) is 10.7 Å². The minimum absolute atomic E-state index is 0.0378. The summed E-state index contributed by atoms with van der Waals surface area (Å²) < 4.78 is 0. The fourth-order valence-electron chi connectivity index (χ4n) is 2.02. The van der Waals surface area contributed by atoms with Crippen molar-refractivity contribution in [1.29, 1.82) is 0 Å². The largest absolute Gasteiger partial charge is 0.368 e. The van der Waals surface area contributed by atoms with E-state index >= 15 is 0 Å². The molecule has 0 aliphatic rings. The van der Waals surface area contributed by atoms with E-state index in [1.54, 1.807) is 6.20 Å². The zero-order valence-corrected chi connectivity index (χ0v) is 11.6. The van der Waals surface area contributed by atoms with Gasteiger partial charge in [-0.1, -0.05) is 30.0 Å². The molecule has 102 valence electrons. The Morgan fingerprint density at radius 3 is 2.95 bits per heavy atom. The number of thioether (sulfide) groups is 1. The summed E-state index contributed by atoms with van der Waals surface area (Å²) in [6, 6.07) is 7.73. The third-order valence-electron chi connectivity index (χ3n) is 2.99. The molecule has 4 N–H and O–H groups in total. The lowest BCUT2D eigenvalue weighted by Gasteiger charge is -2.06. The fraction of sp³-hybridized carbons (Fsp3) is 0.154. The number of H-pyrrole nitrogens is 2. The number of nitrogens with one attached hydrogen (secondary N) is 2. The van der Waals surface area contributed by atoms with E-state index in [4.69, 9.17) is 5.73 Å². The summed E-state index contributed by atoms with van der Waals surface area (Å²) in [7, 11) is 0. The smallest absolute Gasteiger partial charge is 0.216 e. The molecule has 0 amide bonds. The molecule has 0 saturated heterocycles. The Morgan fingerprint density at radius 2 is 2.20 bits per heavy atom. The number of aromatic nitrogens is 4. The van der Waals surface area contributed by atoms with Crippen LogP contribution in [0.5, 0.6) is 0 Å². The number of para-hydroxylation sites is 1. The standard InChI is InChI=1S/C13H13N5OS/c1-7(20-13-16-12(14)17-18-13)11(19)9-6-15-10-5-3-2-4-8(9)10/h2-7,15H,1H3,(H3,14,16,17,18)/t7-/m0/s1. The van der Waals surface area contributed by atoms with Gasteiger partial charge in [0.15, 0.2) is 5.78 Å². The first-order chi connectivity index (χ1) is 9.65. The molecular weight excluding hydrogens is 274 g/mol. The molecule has 0 spiro atoms. The fourth-order valence-corrected chi connectivity index (χ4v) is 2.82. The maximum absolute atomic E-state index is 12.5. The van der Waals surface area contributed by atoms with Crippen LogP contribution in [0.15, 0.2) is 35.6 Å². The van der Waals surface area contributed by atoms with Gasteiger partial charge in [-0.15, -0.1) is 5.10 Å². The molecule has 0 saturated carbocycles. The molecule has 3 rings (SSSR count). The van der Waals surface area contributed by atoms with Gasteiger partial charge in [0, 0.05) is 22.7 Å². The van der Waals surface area contributed by atoms with E-state index in [1.165, 1.54) is 11.8 Å². The zero-order valence-electron chi connectivity index (χ0n) is 10.8. The number of nitrogen functional groups attached to an aromatic ring is 1. The minimum atomic E-state index is -0.288. The Bertz CT molecular complexity index is 763. The van der Waals surface area contributed by atoms with Crippen LogP contribution in [0.2, 0.25) is 0 Å². The summed E-state index contributed by atoms with van der Waals surface area (Å²) in [6.45, 7) is 1.83. The van der Waals surface area contributed by atoms with Crippen LogP contribution >= 0.6 is 11.8 Å². The van der Waals surface area contributed by atoms with E-state index in [2.05, 4.69) is 20.2 Å². The van der Waals surface area contributed by atoms with Crippen molar-refractivity contribution in [2.45, 2.75) is 17.3 Å². The van der Waals surface area contributed by atoms with Gasteiger partial charge >= 0.3 is 0 Å². The molecule has 0 bridgehead atoms. The lowest BCUT2D eigenvalue weighted by atomic mass is 10.1. The van der Waals surface area contributed by atoms with Gasteiger partial charge in [-0.25, -0.2) is 5.10 Å². The second kappa shape index (κ2) is 5.01. The lowest BCUT2D eigenvalue weighted by molar-refractivity contribution is 0.0995. The van der Waals surface area contributed by atoms with Crippen molar-refractivity contribution in [3.05, 3.63) is 36.0 Å². The molecule has 2 heterocycles. The average Bonchev–Trinajstić information content (AvgIpc) is 3.04. The van der Waals surface area contributed by atoms with Gasteiger partial charge in [-0.3, -0.25) is 4.79 Å². The number of aromatic amines is 2. The van der Waals surface area contributed by atoms with E-state index in [0.717, 1.165) is 10.9 Å². The van der Waals surface area contributed by atoms with Crippen LogP contribution < -0.4 is 5.73 Å². The van der Waals surface area contributed by atoms with Gasteiger partial charge in [0.2, 0.25) is 11.1 Å². The van der Waals surface area contributed by atoms with Gasteiger partial charge in [0.25, 0.3) is 0 Å². The monoisotopic (exact) mass is 287 g/mol. The number of nitrogens with two attached hydrogens (primary N) is 1. The number of hydrogen-bond donors (Lipinski definition) is 3. The Balaban J connectivity index is 1.84. The first-order valence-corrected chi connectivity index (χ1v) is 6.98. The number of carbonyl (C=O) groups excluding carboxylic acids is 1. The molecule has 0 unspecified atom stereocenters. The van der Waals surface area contributed by atoms with Crippen molar-refractivity contribution < 1.29 is 4.79 Å². The number of benzene rings is 1. The molecule has 0 radical (unpaired) electrons. The summed E-state index contributed by atoms with van der Waals surface area (Å²) >= 11 is 1.28. The number of Topliss-reactive ketones (excluding diaryl/α,β-unsaturated/α-hetero) is 1. The average molecular weight is 287 g/mol. The third kappa shape index (κ3) is 2.27. The molecule has 0 aliphatic heterocycles. The molecule has 2 aromatic heterocycles. The van der Waals surface area contributed by atoms with E-state index in [9.17, 15) is 4.79 Å². The lowest BCUT2D eigenvalue weighted by Crippen LogP contribution is -2.13. The summed E-state index contributed by atoms with van der Waals surface area (Å²) in [4.78, 5) is 19.6. The SMILES string of the molecule is C[C@H](Sc1n[nH]c(N)n1)C(=O)c1c[nH]c2ccccc12. The first-order valence-electron chi connectivity index (χ1n) is 6.10. The number of hydrogen-bond acceptors (Lipinski definition) is 5. The van der Waals surface area contributed by atoms with Gasteiger partial charge < -0.3 is 10.7 Å². The molecular formula is C13H13N5OS. The van der Waals surface area contributed by atoms with Crippen molar-refractivity contribution in [2.75, 3.05) is 5.73 Å². The van der Waals surface area contributed by atoms with Crippen molar-refractivity contribution >= 4 is 34.4 Å². The topological polar surface area (TPSA) is 100 Å². The van der Waals surface area contributed by atoms with Crippen LogP contribution in [0.3, 0.4) is 0 Å². The second-order valence-electron chi connectivity index (χ2n) is 4.38. The zero-order chi connectivity index (χ0) is 14.1. The Labute approximate surface area is 119 Å². The molecule has 0 fully saturated rings. The molecule has 7 heteroatoms. The summed E-state index contributed by atoms with van der Waals surface area (Å²) in [5, 5.41) is 7.60. The molecule has 1 atom stereocenters. The Morgan fingerprint density at radius 1 is 1.40 bits per heavy atom. The van der Waals surface area contributed by atoms with Crippen LogP contribution in [0, 0.1) is 0 Å². The van der Waals surface area contributed by atoms with Gasteiger partial charge in [-0.05, 0) is 13.0 Å². The first kappa shape index (κ1) is 12.7. The second-order valence-corrected chi connectivity index (χ2v) is 5.68. The minimum Gasteiger partial charge on any atom is -0.368 e. The number of fused-ring (bicyclic) bond motifs is 1. The number of ketones is 1. The normalized spacial score (nSPS) is 12.7. The van der Waals surface area contributed by atoms with Gasteiger partial charge in [-0.2, -0.15) is 4.98 Å². The molecule has 3 aromatic rings. The number of rotatable bonds is 4. The van der Waals surface area contributed by atoms with Crippen molar-refractivity contribution in [1.82, 2.24) is 20.2 Å². The predicted octanol–water partition coefficient (Wildman–Crippen LogP) is 2.23. The van der Waals surface area contributed by atoms with E-state index in [1.807, 2.05) is 31.2 Å². The highest BCUT2D eigenvalue weighted by atomic mass is 32.2. The molecule has 1 aromatic carbocycles. The van der Waals surface area contributed by atoms with Crippen molar-refractivity contribution in [3.8, 4) is 0 Å². The van der Waals surface area contributed by atoms with Crippen LogP contribution in [0.25, 0.3) is 10.9 Å². The van der Waals surface area contributed by atoms with Crippen molar-refractivity contribution in [3.63, 3.8) is 0 Å². The number of nitrogens with zero attached hydrogens (tertiary/aromatic N) is 2. The number of anilines is 1. The van der Waals surface area contributed by atoms with E-state index in [-0.39, 0.29) is 17.0 Å². The summed E-state index contributed by atoms with van der Waals surface area (Å²) in [6.07, 6.45) is 1.75. The van der Waals surface area contributed by atoms with Crippen LogP contribution in [-0.4, -0.2) is 31.2 Å². The molecule has 0 aliphatic carbocycles. The summed E-state index contributed by atoms with van der Waals surface area (Å²) in [5.74, 6) is 0.287. The Kier molecular flexibility index (Phi) is 3.19. The number of carbonyl (C=O) groups is 1. The third-order valence-corrected chi connectivity index (χ3v) is 3.95. The van der Waals surface area contributed by atoms with Gasteiger partial charge in [0.05, 0.1) is 5.25 Å². The molecule has 20 heavy (non-hydrogen) atoms. The van der Waals surface area contributed by atoms with E-state index < -0.39 is 0 Å². The highest BCUT2D eigenvalue weighted by Gasteiger charge is 2.21. The predicted molar refractivity (Wildman–Crippen MR) is 78.7 cm³/mol. The molecule has 6 nitrogen and oxygen atoms in total. The maximum atomic E-state index is 12.5. The van der Waals surface area contributed by atoms with Crippen LogP contribution in [0.1, 0.15) is 17.3 Å². The Hall–Kier alpha value is -2.28.